The van der Waals surface area contributed by atoms with Gasteiger partial charge in [-0.25, -0.2) is 8.42 Å². The number of fused-ring (bicyclic) bond motifs is 1. The third-order valence-corrected chi connectivity index (χ3v) is 4.39. The van der Waals surface area contributed by atoms with E-state index in [1.165, 1.54) is 0 Å². The molecule has 5 heteroatoms. The fourth-order valence-electron chi connectivity index (χ4n) is 2.08. The summed E-state index contributed by atoms with van der Waals surface area (Å²) >= 11 is 0. The van der Waals surface area contributed by atoms with Gasteiger partial charge in [-0.05, 0) is 29.8 Å². The molecule has 1 aliphatic heterocycles. The van der Waals surface area contributed by atoms with Crippen molar-refractivity contribution >= 4 is 27.5 Å². The Balaban J connectivity index is 2.19. The van der Waals surface area contributed by atoms with Crippen molar-refractivity contribution in [1.82, 2.24) is 4.72 Å². The van der Waals surface area contributed by atoms with Crippen molar-refractivity contribution in [3.63, 3.8) is 0 Å². The van der Waals surface area contributed by atoms with Crippen molar-refractivity contribution in [2.24, 2.45) is 0 Å². The maximum Gasteiger partial charge on any atom is 0.262 e. The molecule has 0 fully saturated rings. The molecule has 19 heavy (non-hydrogen) atoms. The zero-order valence-corrected chi connectivity index (χ0v) is 10.8. The normalized spacial score (nSPS) is 16.1. The van der Waals surface area contributed by atoms with Crippen LogP contribution in [-0.4, -0.2) is 8.42 Å². The van der Waals surface area contributed by atoms with Gasteiger partial charge in [-0.1, -0.05) is 30.3 Å². The van der Waals surface area contributed by atoms with E-state index in [4.69, 9.17) is 5.73 Å². The number of benzene rings is 2. The quantitative estimate of drug-likeness (QED) is 0.780. The molecule has 0 saturated carbocycles. The molecule has 0 aromatic heterocycles. The van der Waals surface area contributed by atoms with Crippen molar-refractivity contribution in [3.8, 4) is 0 Å². The molecule has 3 rings (SSSR count). The minimum absolute atomic E-state index is 0.294. The van der Waals surface area contributed by atoms with Gasteiger partial charge in [0.25, 0.3) is 10.0 Å². The number of hydrogen-bond acceptors (Lipinski definition) is 3. The van der Waals surface area contributed by atoms with Crippen LogP contribution in [0.1, 0.15) is 11.1 Å². The second-order valence-corrected chi connectivity index (χ2v) is 5.98. The van der Waals surface area contributed by atoms with E-state index in [0.29, 0.717) is 21.8 Å². The van der Waals surface area contributed by atoms with Crippen LogP contribution in [0.3, 0.4) is 0 Å². The van der Waals surface area contributed by atoms with Crippen LogP contribution >= 0.6 is 0 Å². The van der Waals surface area contributed by atoms with E-state index in [1.54, 1.807) is 36.4 Å². The first-order valence-corrected chi connectivity index (χ1v) is 7.24. The topological polar surface area (TPSA) is 72.2 Å². The van der Waals surface area contributed by atoms with Crippen molar-refractivity contribution in [3.05, 3.63) is 59.7 Å². The molecule has 0 aliphatic carbocycles. The van der Waals surface area contributed by atoms with Gasteiger partial charge in [-0.2, -0.15) is 0 Å². The monoisotopic (exact) mass is 272 g/mol. The highest BCUT2D eigenvalue weighted by Gasteiger charge is 2.23. The van der Waals surface area contributed by atoms with Gasteiger partial charge in [0.05, 0.1) is 10.6 Å². The van der Waals surface area contributed by atoms with Gasteiger partial charge < -0.3 is 5.73 Å². The fraction of sp³-hybridized carbons (Fsp3) is 0. The van der Waals surface area contributed by atoms with Crippen LogP contribution in [0, 0.1) is 0 Å². The average Bonchev–Trinajstić information content (AvgIpc) is 2.38. The van der Waals surface area contributed by atoms with Crippen molar-refractivity contribution in [2.45, 2.75) is 4.90 Å². The highest BCUT2D eigenvalue weighted by atomic mass is 32.2. The van der Waals surface area contributed by atoms with Crippen molar-refractivity contribution in [2.75, 3.05) is 5.73 Å². The lowest BCUT2D eigenvalue weighted by Crippen LogP contribution is -2.26. The zero-order chi connectivity index (χ0) is 13.5. The van der Waals surface area contributed by atoms with Crippen LogP contribution in [0.4, 0.5) is 5.69 Å². The molecule has 0 amide bonds. The molecule has 96 valence electrons. The molecule has 0 saturated heterocycles. The predicted molar refractivity (Wildman–Crippen MR) is 75.5 cm³/mol. The average molecular weight is 272 g/mol. The van der Waals surface area contributed by atoms with E-state index in [-0.39, 0.29) is 0 Å². The molecular weight excluding hydrogens is 260 g/mol. The summed E-state index contributed by atoms with van der Waals surface area (Å²) < 4.78 is 26.9. The SMILES string of the molecule is Nc1cccc(C2=Cc3ccccc3S(=O)(=O)N2)c1. The second kappa shape index (κ2) is 4.13. The van der Waals surface area contributed by atoms with E-state index >= 15 is 0 Å². The van der Waals surface area contributed by atoms with Gasteiger partial charge in [0, 0.05) is 11.3 Å². The molecule has 2 aromatic carbocycles. The Hall–Kier alpha value is -2.27. The molecule has 0 radical (unpaired) electrons. The summed E-state index contributed by atoms with van der Waals surface area (Å²) in [5.74, 6) is 0. The Morgan fingerprint density at radius 3 is 2.58 bits per heavy atom. The minimum atomic E-state index is -3.51. The van der Waals surface area contributed by atoms with Gasteiger partial charge in [-0.3, -0.25) is 4.72 Å². The Kier molecular flexibility index (Phi) is 2.57. The van der Waals surface area contributed by atoms with Gasteiger partial charge in [-0.15, -0.1) is 0 Å². The lowest BCUT2D eigenvalue weighted by atomic mass is 10.1. The van der Waals surface area contributed by atoms with Crippen LogP contribution in [-0.2, 0) is 10.0 Å². The van der Waals surface area contributed by atoms with E-state index < -0.39 is 10.0 Å². The third kappa shape index (κ3) is 2.08. The van der Waals surface area contributed by atoms with Crippen LogP contribution in [0.25, 0.3) is 11.8 Å². The molecule has 3 N–H and O–H groups in total. The maximum atomic E-state index is 12.2. The van der Waals surface area contributed by atoms with Gasteiger partial charge in [0.15, 0.2) is 0 Å². The van der Waals surface area contributed by atoms with Crippen molar-refractivity contribution < 1.29 is 8.42 Å². The van der Waals surface area contributed by atoms with E-state index in [0.717, 1.165) is 5.56 Å². The van der Waals surface area contributed by atoms with Gasteiger partial charge >= 0.3 is 0 Å². The molecule has 2 aromatic rings. The van der Waals surface area contributed by atoms with Crippen molar-refractivity contribution in [1.29, 1.82) is 0 Å². The summed E-state index contributed by atoms with van der Waals surface area (Å²) in [5, 5.41) is 0. The molecule has 0 spiro atoms. The van der Waals surface area contributed by atoms with Crippen LogP contribution in [0.15, 0.2) is 53.4 Å². The summed E-state index contributed by atoms with van der Waals surface area (Å²) in [6, 6.07) is 14.0. The van der Waals surface area contributed by atoms with Gasteiger partial charge in [0.2, 0.25) is 0 Å². The number of nitrogens with two attached hydrogens (primary N) is 1. The van der Waals surface area contributed by atoms with E-state index in [9.17, 15) is 8.42 Å². The molecule has 0 unspecified atom stereocenters. The van der Waals surface area contributed by atoms with Crippen LogP contribution in [0.2, 0.25) is 0 Å². The van der Waals surface area contributed by atoms with Crippen LogP contribution in [0.5, 0.6) is 0 Å². The van der Waals surface area contributed by atoms with E-state index in [1.807, 2.05) is 18.2 Å². The lowest BCUT2D eigenvalue weighted by Gasteiger charge is -2.19. The Bertz CT molecular complexity index is 780. The van der Waals surface area contributed by atoms with Gasteiger partial charge in [0.1, 0.15) is 0 Å². The largest absolute Gasteiger partial charge is 0.399 e. The Morgan fingerprint density at radius 1 is 1.00 bits per heavy atom. The number of rotatable bonds is 1. The molecule has 0 atom stereocenters. The first-order chi connectivity index (χ1) is 9.06. The summed E-state index contributed by atoms with van der Waals surface area (Å²) in [5.41, 5.74) is 8.28. The number of nitrogens with one attached hydrogen (secondary N) is 1. The third-order valence-electron chi connectivity index (χ3n) is 2.95. The molecular formula is C14H12N2O2S. The van der Waals surface area contributed by atoms with E-state index in [2.05, 4.69) is 4.72 Å². The summed E-state index contributed by atoms with van der Waals surface area (Å²) in [7, 11) is -3.51. The first-order valence-electron chi connectivity index (χ1n) is 5.76. The predicted octanol–water partition coefficient (Wildman–Crippen LogP) is 2.06. The number of nitrogen functional groups attached to an aromatic ring is 1. The summed E-state index contributed by atoms with van der Waals surface area (Å²) in [6.45, 7) is 0. The first kappa shape index (κ1) is 11.8. The number of anilines is 1. The smallest absolute Gasteiger partial charge is 0.262 e. The second-order valence-electron chi connectivity index (χ2n) is 4.33. The lowest BCUT2D eigenvalue weighted by molar-refractivity contribution is 0.591. The highest BCUT2D eigenvalue weighted by molar-refractivity contribution is 7.90. The molecule has 1 heterocycles. The van der Waals surface area contributed by atoms with Crippen LogP contribution < -0.4 is 10.5 Å². The maximum absolute atomic E-state index is 12.2. The summed E-state index contributed by atoms with van der Waals surface area (Å²) in [4.78, 5) is 0.294. The summed E-state index contributed by atoms with van der Waals surface area (Å²) in [6.07, 6.45) is 1.81. The fourth-order valence-corrected chi connectivity index (χ4v) is 3.35. The Labute approximate surface area is 111 Å². The number of sulfonamides is 1. The Morgan fingerprint density at radius 2 is 1.79 bits per heavy atom. The molecule has 0 bridgehead atoms. The molecule has 1 aliphatic rings. The minimum Gasteiger partial charge on any atom is -0.399 e. The standard InChI is InChI=1S/C14H12N2O2S/c15-12-6-3-5-10(8-12)13-9-11-4-1-2-7-14(11)19(17,18)16-13/h1-9,16H,15H2. The highest BCUT2D eigenvalue weighted by Crippen LogP contribution is 2.28. The number of hydrogen-bond donors (Lipinski definition) is 2. The molecule has 4 nitrogen and oxygen atoms in total. The zero-order valence-electron chi connectivity index (χ0n) is 10.00.